The molecule has 3 N–H and O–H groups in total. The van der Waals surface area contributed by atoms with Crippen molar-refractivity contribution in [1.29, 1.82) is 0 Å². The predicted octanol–water partition coefficient (Wildman–Crippen LogP) is 4.03. The Hall–Kier alpha value is -3.91. The molecule has 45 heavy (non-hydrogen) atoms. The van der Waals surface area contributed by atoms with E-state index in [1.54, 1.807) is 9.80 Å². The number of rotatable bonds is 7. The number of nitrogens with one attached hydrogen (secondary N) is 1. The Morgan fingerprint density at radius 2 is 1.78 bits per heavy atom. The minimum Gasteiger partial charge on any atom is -0.339 e. The maximum atomic E-state index is 13.9. The molecule has 0 spiro atoms. The smallest absolute Gasteiger partial charge is 0.339 e. The first-order valence-corrected chi connectivity index (χ1v) is 15.4. The summed E-state index contributed by atoms with van der Waals surface area (Å²) in [5.41, 5.74) is 5.26. The third kappa shape index (κ3) is 6.30. The number of alkyl halides is 3. The maximum absolute atomic E-state index is 13.9. The Labute approximate surface area is 262 Å². The van der Waals surface area contributed by atoms with Crippen molar-refractivity contribution in [2.24, 2.45) is 24.6 Å². The van der Waals surface area contributed by atoms with E-state index in [0.29, 0.717) is 51.5 Å². The number of benzene rings is 1. The third-order valence-corrected chi connectivity index (χ3v) is 9.34. The molecule has 11 nitrogen and oxygen atoms in total. The summed E-state index contributed by atoms with van der Waals surface area (Å²) in [7, 11) is 1.46. The van der Waals surface area contributed by atoms with Crippen molar-refractivity contribution in [3.05, 3.63) is 52.7 Å². The van der Waals surface area contributed by atoms with Gasteiger partial charge in [-0.1, -0.05) is 18.0 Å². The van der Waals surface area contributed by atoms with E-state index in [0.717, 1.165) is 19.3 Å². The molecule has 2 saturated carbocycles. The van der Waals surface area contributed by atoms with E-state index in [9.17, 15) is 27.6 Å². The van der Waals surface area contributed by atoms with Crippen molar-refractivity contribution < 1.29 is 27.6 Å². The summed E-state index contributed by atoms with van der Waals surface area (Å²) < 4.78 is 44.2. The van der Waals surface area contributed by atoms with Crippen molar-refractivity contribution in [2.75, 3.05) is 31.5 Å². The molecule has 3 amide bonds. The van der Waals surface area contributed by atoms with Gasteiger partial charge in [-0.15, -0.1) is 0 Å². The van der Waals surface area contributed by atoms with Gasteiger partial charge in [-0.05, 0) is 49.8 Å². The Morgan fingerprint density at radius 3 is 2.38 bits per heavy atom. The fourth-order valence-electron chi connectivity index (χ4n) is 6.10. The van der Waals surface area contributed by atoms with Crippen LogP contribution in [0.2, 0.25) is 5.02 Å². The molecule has 3 heterocycles. The molecule has 15 heteroatoms. The summed E-state index contributed by atoms with van der Waals surface area (Å²) >= 11 is 6.45. The van der Waals surface area contributed by atoms with Crippen LogP contribution in [-0.2, 0) is 24.6 Å². The minimum atomic E-state index is -4.68. The largest absolute Gasteiger partial charge is 0.435 e. The monoisotopic (exact) mass is 646 g/mol. The topological polar surface area (TPSA) is 131 Å². The normalized spacial score (nSPS) is 20.5. The maximum Gasteiger partial charge on any atom is 0.435 e. The van der Waals surface area contributed by atoms with Crippen LogP contribution in [0.5, 0.6) is 0 Å². The summed E-state index contributed by atoms with van der Waals surface area (Å²) in [6, 6.07) is 4.54. The number of hydrogen-bond acceptors (Lipinski definition) is 6. The number of hydrogen-bond donors (Lipinski definition) is 2. The predicted molar refractivity (Wildman–Crippen MR) is 159 cm³/mol. The van der Waals surface area contributed by atoms with Crippen LogP contribution in [0.1, 0.15) is 58.8 Å². The van der Waals surface area contributed by atoms with E-state index >= 15 is 0 Å². The van der Waals surface area contributed by atoms with E-state index in [4.69, 9.17) is 17.3 Å². The summed E-state index contributed by atoms with van der Waals surface area (Å²) in [4.78, 5) is 46.4. The SMILES string of the molecule is Cn1c(-c2cn(CC3CCC3)nc2C(F)(F)F)cnc1C(=O)Nc1ccc(C(=O)N2CCN(C(=O)[C@H]3C[C@H](N)C3)CC2)c(Cl)c1. The number of carbonyl (C=O) groups is 3. The highest BCUT2D eigenvalue weighted by molar-refractivity contribution is 6.34. The first kappa shape index (κ1) is 31.1. The van der Waals surface area contributed by atoms with Gasteiger partial charge in [-0.2, -0.15) is 18.3 Å². The van der Waals surface area contributed by atoms with Crippen molar-refractivity contribution >= 4 is 35.0 Å². The molecule has 3 aromatic rings. The lowest BCUT2D eigenvalue weighted by atomic mass is 9.80. The zero-order valence-electron chi connectivity index (χ0n) is 24.7. The van der Waals surface area contributed by atoms with Gasteiger partial charge in [-0.25, -0.2) is 4.98 Å². The van der Waals surface area contributed by atoms with Crippen molar-refractivity contribution in [3.63, 3.8) is 0 Å². The average Bonchev–Trinajstić information content (AvgIpc) is 3.56. The number of amides is 3. The highest BCUT2D eigenvalue weighted by Gasteiger charge is 2.39. The quantitative estimate of drug-likeness (QED) is 0.399. The zero-order valence-corrected chi connectivity index (χ0v) is 25.4. The second-order valence-corrected chi connectivity index (χ2v) is 12.5. The molecule has 0 unspecified atom stereocenters. The van der Waals surface area contributed by atoms with E-state index in [1.807, 2.05) is 0 Å². The number of piperazine rings is 1. The van der Waals surface area contributed by atoms with Crippen molar-refractivity contribution in [3.8, 4) is 11.3 Å². The number of halogens is 4. The number of carbonyl (C=O) groups excluding carboxylic acids is 3. The van der Waals surface area contributed by atoms with Crippen LogP contribution in [0.15, 0.2) is 30.6 Å². The van der Waals surface area contributed by atoms with Gasteiger partial charge in [0.15, 0.2) is 11.5 Å². The lowest BCUT2D eigenvalue weighted by Gasteiger charge is -2.40. The molecular formula is C30H34ClF3N8O3. The molecule has 1 aromatic carbocycles. The Kier molecular flexibility index (Phi) is 8.37. The lowest BCUT2D eigenvalue weighted by molar-refractivity contribution is -0.141. The first-order valence-electron chi connectivity index (χ1n) is 15.0. The van der Waals surface area contributed by atoms with Crippen LogP contribution in [-0.4, -0.2) is 79.1 Å². The zero-order chi connectivity index (χ0) is 32.0. The minimum absolute atomic E-state index is 0.0326. The number of aromatic nitrogens is 4. The second-order valence-electron chi connectivity index (χ2n) is 12.1. The molecule has 0 bridgehead atoms. The van der Waals surface area contributed by atoms with Gasteiger partial charge in [-0.3, -0.25) is 19.1 Å². The van der Waals surface area contributed by atoms with Gasteiger partial charge in [0.1, 0.15) is 0 Å². The van der Waals surface area contributed by atoms with Crippen LogP contribution >= 0.6 is 11.6 Å². The Bertz CT molecular complexity index is 1620. The standard InChI is InChI=1S/C30H34ClF3N8O3/c1-39-24(22-16-42(15-17-3-2-4-17)38-25(22)30(32,33)34)14-36-26(39)27(43)37-20-5-6-21(23(31)13-20)29(45)41-9-7-40(8-10-41)28(44)18-11-19(35)12-18/h5-6,13-14,16-19H,2-4,7-12,15,35H2,1H3,(H,37,43)/t18-,19-. The molecule has 1 aliphatic heterocycles. The number of imidazole rings is 1. The molecule has 1 saturated heterocycles. The van der Waals surface area contributed by atoms with Crippen molar-refractivity contribution in [1.82, 2.24) is 29.1 Å². The van der Waals surface area contributed by atoms with E-state index in [1.165, 1.54) is 46.9 Å². The average molecular weight is 647 g/mol. The third-order valence-electron chi connectivity index (χ3n) is 9.03. The molecule has 3 aliphatic rings. The van der Waals surface area contributed by atoms with Crippen LogP contribution < -0.4 is 11.1 Å². The fraction of sp³-hybridized carbons (Fsp3) is 0.500. The summed E-state index contributed by atoms with van der Waals surface area (Å²) in [6.07, 6.45) is 2.27. The highest BCUT2D eigenvalue weighted by Crippen LogP contribution is 2.37. The summed E-state index contributed by atoms with van der Waals surface area (Å²) in [5, 5.41) is 6.59. The molecular weight excluding hydrogens is 613 g/mol. The number of nitrogens with zero attached hydrogens (tertiary/aromatic N) is 6. The van der Waals surface area contributed by atoms with E-state index < -0.39 is 17.8 Å². The fourth-order valence-corrected chi connectivity index (χ4v) is 6.36. The van der Waals surface area contributed by atoms with Gasteiger partial charge in [0.2, 0.25) is 5.91 Å². The van der Waals surface area contributed by atoms with Crippen LogP contribution in [0.25, 0.3) is 11.3 Å². The molecule has 0 radical (unpaired) electrons. The number of nitrogens with two attached hydrogens (primary N) is 1. The van der Waals surface area contributed by atoms with Crippen LogP contribution in [0.4, 0.5) is 18.9 Å². The number of anilines is 1. The summed E-state index contributed by atoms with van der Waals surface area (Å²) in [5.74, 6) is -0.711. The Morgan fingerprint density at radius 1 is 1.09 bits per heavy atom. The molecule has 2 aromatic heterocycles. The van der Waals surface area contributed by atoms with Gasteiger partial charge in [0, 0.05) is 63.6 Å². The Balaban J connectivity index is 1.11. The molecule has 2 aliphatic carbocycles. The van der Waals surface area contributed by atoms with Crippen molar-refractivity contribution in [2.45, 2.75) is 50.9 Å². The van der Waals surface area contributed by atoms with Gasteiger partial charge in [0.25, 0.3) is 11.8 Å². The first-order chi connectivity index (χ1) is 21.4. The van der Waals surface area contributed by atoms with Gasteiger partial charge >= 0.3 is 6.18 Å². The summed E-state index contributed by atoms with van der Waals surface area (Å²) in [6.45, 7) is 2.00. The van der Waals surface area contributed by atoms with E-state index in [2.05, 4.69) is 15.4 Å². The molecule has 240 valence electrons. The van der Waals surface area contributed by atoms with Crippen LogP contribution in [0, 0.1) is 11.8 Å². The van der Waals surface area contributed by atoms with E-state index in [-0.39, 0.29) is 57.1 Å². The van der Waals surface area contributed by atoms with Gasteiger partial charge < -0.3 is 25.4 Å². The lowest BCUT2D eigenvalue weighted by Crippen LogP contribution is -2.54. The van der Waals surface area contributed by atoms with Gasteiger partial charge in [0.05, 0.1) is 28.0 Å². The highest BCUT2D eigenvalue weighted by atomic mass is 35.5. The second kappa shape index (κ2) is 12.1. The van der Waals surface area contributed by atoms with Crippen LogP contribution in [0.3, 0.4) is 0 Å². The molecule has 6 rings (SSSR count). The molecule has 3 fully saturated rings. The molecule has 0 atom stereocenters.